The Morgan fingerprint density at radius 2 is 1.88 bits per heavy atom. The van der Waals surface area contributed by atoms with Crippen molar-refractivity contribution < 1.29 is 32.7 Å². The van der Waals surface area contributed by atoms with Gasteiger partial charge in [0.25, 0.3) is 0 Å². The number of hydrogen-bond acceptors (Lipinski definition) is 0. The van der Waals surface area contributed by atoms with Gasteiger partial charge in [0, 0.05) is 32.7 Å². The molecule has 0 amide bonds. The minimum Gasteiger partial charge on any atom is -0.332 e. The summed E-state index contributed by atoms with van der Waals surface area (Å²) in [7, 11) is 0. The molecule has 1 radical (unpaired) electrons. The molecule has 0 rings (SSSR count). The Hall–Kier alpha value is 0.714. The monoisotopic (exact) mass is 187 g/mol. The van der Waals surface area contributed by atoms with Crippen LogP contribution >= 0.6 is 0 Å². The molecule has 0 aliphatic rings. The fourth-order valence-corrected chi connectivity index (χ4v) is 0. The summed E-state index contributed by atoms with van der Waals surface area (Å²) in [5, 5.41) is 0. The van der Waals surface area contributed by atoms with E-state index >= 15 is 0 Å². The zero-order chi connectivity index (χ0) is 6.12. The van der Waals surface area contributed by atoms with E-state index in [1.54, 1.807) is 0 Å². The van der Waals surface area contributed by atoms with E-state index in [4.69, 9.17) is 0 Å². The summed E-state index contributed by atoms with van der Waals surface area (Å²) >= 11 is 0. The fourth-order valence-electron chi connectivity index (χ4n) is 0. The fraction of sp³-hybridized carbons (Fsp3) is 0.429. The largest absolute Gasteiger partial charge is 0.332 e. The standard InChI is InChI=1S/C4H9.C3H5.Y/c1-3-4-2;1-3-2;/h3H,4H2,1-2H3;3H,1-2H2;/q2*-1;. The Balaban J connectivity index is -0.0000000575. The van der Waals surface area contributed by atoms with Gasteiger partial charge in [-0.05, 0) is 0 Å². The molecule has 0 aromatic carbocycles. The topological polar surface area (TPSA) is 0 Å². The maximum Gasteiger partial charge on any atom is 0 e. The zero-order valence-corrected chi connectivity index (χ0v) is 8.69. The summed E-state index contributed by atoms with van der Waals surface area (Å²) < 4.78 is 0. The van der Waals surface area contributed by atoms with Gasteiger partial charge in [0.1, 0.15) is 0 Å². The molecule has 0 saturated carbocycles. The van der Waals surface area contributed by atoms with E-state index in [-0.39, 0.29) is 32.7 Å². The number of allylic oxidation sites excluding steroid dienone is 1. The van der Waals surface area contributed by atoms with E-state index in [1.165, 1.54) is 12.5 Å². The summed E-state index contributed by atoms with van der Waals surface area (Å²) in [5.74, 6) is 0. The van der Waals surface area contributed by atoms with Crippen LogP contribution in [-0.4, -0.2) is 0 Å². The molecule has 0 N–H and O–H groups in total. The summed E-state index contributed by atoms with van der Waals surface area (Å²) in [5.41, 5.74) is 0. The third-order valence-electron chi connectivity index (χ3n) is 0.408. The summed E-state index contributed by atoms with van der Waals surface area (Å²) in [6.45, 7) is 10.7. The van der Waals surface area contributed by atoms with Gasteiger partial charge in [-0.1, -0.05) is 6.92 Å². The van der Waals surface area contributed by atoms with E-state index in [1.807, 2.05) is 0 Å². The van der Waals surface area contributed by atoms with Gasteiger partial charge in [-0.3, -0.25) is 0 Å². The Bertz CT molecular complexity index is 23.6. The molecule has 0 unspecified atom stereocenters. The van der Waals surface area contributed by atoms with Crippen LogP contribution in [-0.2, 0) is 32.7 Å². The average molecular weight is 187 g/mol. The first kappa shape index (κ1) is 15.9. The Labute approximate surface area is 78.6 Å². The Kier molecular flexibility index (Phi) is 50.0. The second-order valence-electron chi connectivity index (χ2n) is 1.11. The molecule has 0 aliphatic heterocycles. The molecule has 47 valence electrons. The van der Waals surface area contributed by atoms with Gasteiger partial charge < -0.3 is 6.42 Å². The number of hydrogen-bond donors (Lipinski definition) is 0. The minimum absolute atomic E-state index is 0. The molecular weight excluding hydrogens is 173 g/mol. The predicted molar refractivity (Wildman–Crippen MR) is 35.8 cm³/mol. The van der Waals surface area contributed by atoms with Gasteiger partial charge in [0.15, 0.2) is 0 Å². The van der Waals surface area contributed by atoms with Gasteiger partial charge in [0.05, 0.1) is 0 Å². The Morgan fingerprint density at radius 3 is 1.88 bits per heavy atom. The third-order valence-corrected chi connectivity index (χ3v) is 0.408. The van der Waals surface area contributed by atoms with E-state index in [0.717, 1.165) is 0 Å². The third kappa shape index (κ3) is 74.6. The van der Waals surface area contributed by atoms with Gasteiger partial charge in [-0.2, -0.15) is 13.3 Å². The Morgan fingerprint density at radius 1 is 1.75 bits per heavy atom. The predicted octanol–water partition coefficient (Wildman–Crippen LogP) is 2.62. The second kappa shape index (κ2) is 25.2. The van der Waals surface area contributed by atoms with Crippen LogP contribution in [0.25, 0.3) is 0 Å². The van der Waals surface area contributed by atoms with Crippen molar-refractivity contribution in [3.8, 4) is 0 Å². The zero-order valence-electron chi connectivity index (χ0n) is 5.85. The van der Waals surface area contributed by atoms with Crippen LogP contribution in [0, 0.1) is 13.3 Å². The van der Waals surface area contributed by atoms with Crippen LogP contribution in [0.2, 0.25) is 0 Å². The summed E-state index contributed by atoms with van der Waals surface area (Å²) in [6.07, 6.45) is 4.82. The molecule has 0 fully saturated rings. The molecule has 0 atom stereocenters. The molecule has 0 aromatic heterocycles. The van der Waals surface area contributed by atoms with E-state index in [0.29, 0.717) is 0 Å². The maximum absolute atomic E-state index is 3.25. The van der Waals surface area contributed by atoms with Crippen LogP contribution in [0.1, 0.15) is 20.3 Å². The summed E-state index contributed by atoms with van der Waals surface area (Å²) in [4.78, 5) is 0. The van der Waals surface area contributed by atoms with Crippen LogP contribution < -0.4 is 0 Å². The molecule has 8 heavy (non-hydrogen) atoms. The van der Waals surface area contributed by atoms with Crippen LogP contribution in [0.3, 0.4) is 0 Å². The molecular formula is C7H14Y-2. The molecule has 0 aliphatic carbocycles. The number of unbranched alkanes of at least 4 members (excludes halogenated alkanes) is 1. The van der Waals surface area contributed by atoms with Crippen molar-refractivity contribution >= 4 is 0 Å². The first-order valence-electron chi connectivity index (χ1n) is 2.51. The molecule has 0 aromatic rings. The molecule has 0 saturated heterocycles. The summed E-state index contributed by atoms with van der Waals surface area (Å²) in [6, 6.07) is 0. The molecule has 1 heteroatoms. The molecule has 0 nitrogen and oxygen atoms in total. The van der Waals surface area contributed by atoms with Crippen molar-refractivity contribution in [1.82, 2.24) is 0 Å². The smallest absolute Gasteiger partial charge is 0 e. The van der Waals surface area contributed by atoms with E-state index in [9.17, 15) is 0 Å². The SMILES string of the molecule is C=C[CH2-].C[CH-]CC.[Y]. The van der Waals surface area contributed by atoms with Crippen LogP contribution in [0.5, 0.6) is 0 Å². The van der Waals surface area contributed by atoms with Crippen molar-refractivity contribution in [2.24, 2.45) is 0 Å². The van der Waals surface area contributed by atoms with E-state index in [2.05, 4.69) is 33.8 Å². The first-order chi connectivity index (χ1) is 3.33. The van der Waals surface area contributed by atoms with Crippen LogP contribution in [0.15, 0.2) is 12.7 Å². The van der Waals surface area contributed by atoms with Gasteiger partial charge in [-0.15, -0.1) is 0 Å². The van der Waals surface area contributed by atoms with Crippen molar-refractivity contribution in [3.63, 3.8) is 0 Å². The van der Waals surface area contributed by atoms with Crippen LogP contribution in [0.4, 0.5) is 0 Å². The van der Waals surface area contributed by atoms with Crippen molar-refractivity contribution in [2.75, 3.05) is 0 Å². The van der Waals surface area contributed by atoms with E-state index < -0.39 is 0 Å². The van der Waals surface area contributed by atoms with Gasteiger partial charge in [0.2, 0.25) is 0 Å². The van der Waals surface area contributed by atoms with Gasteiger partial charge in [-0.25, -0.2) is 19.6 Å². The molecule has 0 spiro atoms. The van der Waals surface area contributed by atoms with Gasteiger partial charge >= 0.3 is 0 Å². The number of rotatable bonds is 1. The molecule has 0 heterocycles. The average Bonchev–Trinajstić information content (AvgIpc) is 1.69. The first-order valence-corrected chi connectivity index (χ1v) is 2.51. The quantitative estimate of drug-likeness (QED) is 0.553. The normalized spacial score (nSPS) is 5.25. The van der Waals surface area contributed by atoms with Crippen molar-refractivity contribution in [1.29, 1.82) is 0 Å². The minimum atomic E-state index is 0. The van der Waals surface area contributed by atoms with Crippen molar-refractivity contribution in [3.05, 3.63) is 26.0 Å². The van der Waals surface area contributed by atoms with Crippen molar-refractivity contribution in [2.45, 2.75) is 20.3 Å². The maximum atomic E-state index is 3.25. The molecule has 0 bridgehead atoms. The second-order valence-corrected chi connectivity index (χ2v) is 1.11.